The monoisotopic (exact) mass is 260 g/mol. The fraction of sp³-hybridized carbons (Fsp3) is 0.118. The van der Waals surface area contributed by atoms with Gasteiger partial charge in [0, 0.05) is 28.9 Å². The van der Waals surface area contributed by atoms with Crippen molar-refractivity contribution in [1.82, 2.24) is 4.98 Å². The van der Waals surface area contributed by atoms with Gasteiger partial charge in [0.25, 0.3) is 0 Å². The highest BCUT2D eigenvalue weighted by atomic mass is 16.1. The van der Waals surface area contributed by atoms with Crippen LogP contribution in [-0.4, -0.2) is 16.5 Å². The zero-order valence-electron chi connectivity index (χ0n) is 11.3. The molecule has 2 aromatic rings. The van der Waals surface area contributed by atoms with Crippen molar-refractivity contribution in [2.75, 3.05) is 0 Å². The number of aromatic nitrogens is 1. The number of ketones is 1. The van der Waals surface area contributed by atoms with Crippen molar-refractivity contribution >= 4 is 33.5 Å². The lowest BCUT2D eigenvalue weighted by molar-refractivity contribution is -0.110. The first kappa shape index (κ1) is 11.3. The zero-order chi connectivity index (χ0) is 13.9. The molecule has 0 fully saturated rings. The lowest BCUT2D eigenvalue weighted by Gasteiger charge is -2.13. The molecule has 1 aliphatic carbocycles. The van der Waals surface area contributed by atoms with E-state index in [9.17, 15) is 4.79 Å². The Labute approximate surface area is 116 Å². The number of carbonyl (C=O) groups is 1. The molecule has 96 valence electrons. The molecule has 0 saturated heterocycles. The summed E-state index contributed by atoms with van der Waals surface area (Å²) in [5, 5.41) is 2.30. The normalized spacial score (nSPS) is 16.0. The van der Waals surface area contributed by atoms with Crippen molar-refractivity contribution < 1.29 is 4.79 Å². The van der Waals surface area contributed by atoms with Crippen LogP contribution in [0.15, 0.2) is 41.7 Å². The summed E-state index contributed by atoms with van der Waals surface area (Å²) in [5.41, 5.74) is 6.18. The molecule has 1 aromatic carbocycles. The van der Waals surface area contributed by atoms with E-state index in [0.29, 0.717) is 0 Å². The molecule has 1 aliphatic heterocycles. The first-order valence-corrected chi connectivity index (χ1v) is 6.57. The predicted molar refractivity (Wildman–Crippen MR) is 80.4 cm³/mol. The largest absolute Gasteiger partial charge is 0.290 e. The van der Waals surface area contributed by atoms with Gasteiger partial charge in [-0.05, 0) is 54.7 Å². The van der Waals surface area contributed by atoms with Crippen LogP contribution < -0.4 is 0 Å². The van der Waals surface area contributed by atoms with Gasteiger partial charge in [-0.1, -0.05) is 0 Å². The molecule has 3 nitrogen and oxygen atoms in total. The zero-order valence-corrected chi connectivity index (χ0v) is 11.3. The summed E-state index contributed by atoms with van der Waals surface area (Å²) in [6, 6.07) is 2.02. The van der Waals surface area contributed by atoms with Gasteiger partial charge in [0.05, 0.1) is 11.4 Å². The third-order valence-corrected chi connectivity index (χ3v) is 4.07. The van der Waals surface area contributed by atoms with Crippen LogP contribution in [0.4, 0.5) is 5.69 Å². The smallest absolute Gasteiger partial charge is 0.179 e. The molecule has 0 saturated carbocycles. The Morgan fingerprint density at radius 3 is 2.75 bits per heavy atom. The second-order valence-corrected chi connectivity index (χ2v) is 5.19. The average molecular weight is 260 g/mol. The van der Waals surface area contributed by atoms with E-state index in [1.165, 1.54) is 5.39 Å². The number of fused-ring (bicyclic) bond motifs is 4. The van der Waals surface area contributed by atoms with Crippen LogP contribution >= 0.6 is 0 Å². The number of carbonyl (C=O) groups excluding carboxylic acids is 1. The van der Waals surface area contributed by atoms with Crippen LogP contribution in [0.1, 0.15) is 16.7 Å². The minimum absolute atomic E-state index is 0.0233. The highest BCUT2D eigenvalue weighted by Crippen LogP contribution is 2.44. The Morgan fingerprint density at radius 1 is 1.05 bits per heavy atom. The Balaban J connectivity index is 2.16. The first-order valence-electron chi connectivity index (χ1n) is 6.57. The van der Waals surface area contributed by atoms with Gasteiger partial charge in [-0.15, -0.1) is 0 Å². The Kier molecular flexibility index (Phi) is 2.11. The summed E-state index contributed by atoms with van der Waals surface area (Å²) in [6.45, 7) is 4.15. The minimum Gasteiger partial charge on any atom is -0.290 e. The lowest BCUT2D eigenvalue weighted by atomic mass is 9.89. The quantitative estimate of drug-likeness (QED) is 0.681. The van der Waals surface area contributed by atoms with Gasteiger partial charge in [0.15, 0.2) is 5.78 Å². The van der Waals surface area contributed by atoms with Gasteiger partial charge >= 0.3 is 0 Å². The lowest BCUT2D eigenvalue weighted by Crippen LogP contribution is -2.04. The third kappa shape index (κ3) is 1.32. The fourth-order valence-electron chi connectivity index (χ4n) is 3.05. The number of nitrogens with zero attached hydrogens (tertiary/aromatic N) is 2. The topological polar surface area (TPSA) is 42.3 Å². The molecule has 0 bridgehead atoms. The van der Waals surface area contributed by atoms with Gasteiger partial charge in [0.2, 0.25) is 0 Å². The molecule has 3 heteroatoms. The molecule has 20 heavy (non-hydrogen) atoms. The molecular weight excluding hydrogens is 248 g/mol. The molecule has 0 radical (unpaired) electrons. The number of aryl methyl sites for hydroxylation is 2. The van der Waals surface area contributed by atoms with Gasteiger partial charge in [0.1, 0.15) is 0 Å². The Bertz CT molecular complexity index is 885. The van der Waals surface area contributed by atoms with Crippen molar-refractivity contribution in [3.8, 4) is 0 Å². The molecule has 0 atom stereocenters. The number of allylic oxidation sites excluding steroid dienone is 4. The highest BCUT2D eigenvalue weighted by Gasteiger charge is 2.27. The molecule has 2 aliphatic rings. The maximum Gasteiger partial charge on any atom is 0.179 e. The third-order valence-electron chi connectivity index (χ3n) is 4.07. The first-order chi connectivity index (χ1) is 9.66. The van der Waals surface area contributed by atoms with Crippen molar-refractivity contribution in [1.29, 1.82) is 0 Å². The molecule has 1 aromatic heterocycles. The van der Waals surface area contributed by atoms with E-state index in [1.54, 1.807) is 24.4 Å². The van der Waals surface area contributed by atoms with E-state index in [1.807, 2.05) is 12.3 Å². The molecule has 2 heterocycles. The van der Waals surface area contributed by atoms with Crippen LogP contribution in [0.3, 0.4) is 0 Å². The molecule has 0 spiro atoms. The standard InChI is InChI=1S/C17H12N2O/c1-9-14-8-18-6-5-12(14)10(2)17-16(9)13-7-11(20)3-4-15(13)19-17/h3-8H,1-2H3. The molecule has 0 amide bonds. The SMILES string of the molecule is Cc1c2c(c(C)c3cnccc13)C1=CC(=O)C=CC1=N2. The number of aliphatic imine (C=N–C) groups is 1. The summed E-state index contributed by atoms with van der Waals surface area (Å²) in [7, 11) is 0. The summed E-state index contributed by atoms with van der Waals surface area (Å²) in [4.78, 5) is 20.6. The summed E-state index contributed by atoms with van der Waals surface area (Å²) in [5.74, 6) is 0.0233. The van der Waals surface area contributed by atoms with Gasteiger partial charge in [-0.2, -0.15) is 0 Å². The van der Waals surface area contributed by atoms with Gasteiger partial charge in [-0.25, -0.2) is 4.99 Å². The average Bonchev–Trinajstić information content (AvgIpc) is 2.84. The number of benzene rings is 1. The molecular formula is C17H12N2O. The maximum absolute atomic E-state index is 11.6. The second-order valence-electron chi connectivity index (χ2n) is 5.19. The van der Waals surface area contributed by atoms with Crippen molar-refractivity contribution in [3.63, 3.8) is 0 Å². The Hall–Kier alpha value is -2.55. The number of hydrogen-bond donors (Lipinski definition) is 0. The molecule has 4 rings (SSSR count). The van der Waals surface area contributed by atoms with E-state index in [2.05, 4.69) is 18.8 Å². The predicted octanol–water partition coefficient (Wildman–Crippen LogP) is 3.46. The fourth-order valence-corrected chi connectivity index (χ4v) is 3.05. The van der Waals surface area contributed by atoms with Crippen molar-refractivity contribution in [2.24, 2.45) is 4.99 Å². The van der Waals surface area contributed by atoms with Crippen LogP contribution in [-0.2, 0) is 4.79 Å². The molecule has 0 unspecified atom stereocenters. The molecule has 0 N–H and O–H groups in total. The van der Waals surface area contributed by atoms with E-state index in [0.717, 1.165) is 39.0 Å². The van der Waals surface area contributed by atoms with Crippen LogP contribution in [0, 0.1) is 13.8 Å². The van der Waals surface area contributed by atoms with E-state index >= 15 is 0 Å². The van der Waals surface area contributed by atoms with E-state index in [4.69, 9.17) is 4.99 Å². The van der Waals surface area contributed by atoms with Crippen molar-refractivity contribution in [2.45, 2.75) is 13.8 Å². The van der Waals surface area contributed by atoms with E-state index < -0.39 is 0 Å². The number of rotatable bonds is 0. The maximum atomic E-state index is 11.6. The summed E-state index contributed by atoms with van der Waals surface area (Å²) < 4.78 is 0. The Morgan fingerprint density at radius 2 is 1.90 bits per heavy atom. The summed E-state index contributed by atoms with van der Waals surface area (Å²) in [6.07, 6.45) is 8.74. The van der Waals surface area contributed by atoms with E-state index in [-0.39, 0.29) is 5.78 Å². The number of pyridine rings is 1. The van der Waals surface area contributed by atoms with Crippen LogP contribution in [0.25, 0.3) is 16.3 Å². The van der Waals surface area contributed by atoms with Crippen LogP contribution in [0.5, 0.6) is 0 Å². The van der Waals surface area contributed by atoms with Crippen molar-refractivity contribution in [3.05, 3.63) is 53.4 Å². The number of hydrogen-bond acceptors (Lipinski definition) is 3. The second kappa shape index (κ2) is 3.73. The van der Waals surface area contributed by atoms with Gasteiger partial charge in [-0.3, -0.25) is 9.78 Å². The van der Waals surface area contributed by atoms with Crippen LogP contribution in [0.2, 0.25) is 0 Å². The highest BCUT2D eigenvalue weighted by molar-refractivity contribution is 6.40. The van der Waals surface area contributed by atoms with Gasteiger partial charge < -0.3 is 0 Å². The minimum atomic E-state index is 0.0233. The summed E-state index contributed by atoms with van der Waals surface area (Å²) >= 11 is 0.